The van der Waals surface area contributed by atoms with E-state index in [0.29, 0.717) is 0 Å². The van der Waals surface area contributed by atoms with Gasteiger partial charge in [0.2, 0.25) is 0 Å². The van der Waals surface area contributed by atoms with Gasteiger partial charge < -0.3 is 17.4 Å². The maximum atomic E-state index is 7.21. The van der Waals surface area contributed by atoms with Crippen molar-refractivity contribution in [3.63, 3.8) is 0 Å². The first-order valence-corrected chi connectivity index (χ1v) is 20.6. The molecular formula is C47H48O4P2. The van der Waals surface area contributed by atoms with Crippen LogP contribution in [0.2, 0.25) is 0 Å². The summed E-state index contributed by atoms with van der Waals surface area (Å²) in [6.45, 7) is 19.7. The van der Waals surface area contributed by atoms with Crippen molar-refractivity contribution in [3.8, 4) is 27.9 Å². The standard InChI is InChI=1S/C47H48O4P2/c1-31-27-33(3)43(49-52(34-19-12-10-13-20-34)48-42-26-17-16-24-40(42)46(4,5)6)38(28-31)39-30-32(2)29-37-36-23-18-25-41(47(7,8)9)45(36)51-53(50-44(37)39)35-21-14-11-15-22-35/h10-30H,1-9H3. The van der Waals surface area contributed by atoms with Crippen molar-refractivity contribution in [2.75, 3.05) is 0 Å². The van der Waals surface area contributed by atoms with Gasteiger partial charge in [0.25, 0.3) is 8.01 Å². The monoisotopic (exact) mass is 738 g/mol. The third-order valence-electron chi connectivity index (χ3n) is 9.39. The molecule has 2 unspecified atom stereocenters. The van der Waals surface area contributed by atoms with Gasteiger partial charge in [-0.05, 0) is 102 Å². The van der Waals surface area contributed by atoms with Crippen LogP contribution in [0.5, 0.6) is 11.5 Å². The van der Waals surface area contributed by atoms with Gasteiger partial charge in [-0.3, -0.25) is 0 Å². The normalized spacial score (nSPS) is 12.9. The van der Waals surface area contributed by atoms with E-state index in [2.05, 4.69) is 147 Å². The lowest BCUT2D eigenvalue weighted by atomic mass is 9.85. The summed E-state index contributed by atoms with van der Waals surface area (Å²) in [5.74, 6) is 1.60. The van der Waals surface area contributed by atoms with Crippen LogP contribution in [0.3, 0.4) is 0 Å². The second-order valence-corrected chi connectivity index (χ2v) is 18.7. The molecule has 270 valence electrons. The van der Waals surface area contributed by atoms with Gasteiger partial charge in [0.15, 0.2) is 0 Å². The molecule has 6 heteroatoms. The van der Waals surface area contributed by atoms with Crippen LogP contribution in [-0.4, -0.2) is 0 Å². The Morgan fingerprint density at radius 2 is 1.11 bits per heavy atom. The Morgan fingerprint density at radius 1 is 0.528 bits per heavy atom. The minimum atomic E-state index is -1.59. The molecule has 0 saturated heterocycles. The van der Waals surface area contributed by atoms with E-state index in [-0.39, 0.29) is 10.8 Å². The van der Waals surface area contributed by atoms with Crippen LogP contribution in [0.1, 0.15) is 69.4 Å². The molecule has 53 heavy (non-hydrogen) atoms. The van der Waals surface area contributed by atoms with Gasteiger partial charge in [-0.25, -0.2) is 0 Å². The molecule has 1 heterocycles. The van der Waals surface area contributed by atoms with Crippen molar-refractivity contribution < 1.29 is 17.4 Å². The minimum Gasteiger partial charge on any atom is -0.435 e. The first kappa shape index (κ1) is 36.6. The fraction of sp³-hybridized carbons (Fsp3) is 0.234. The number of hydrogen-bond donors (Lipinski definition) is 0. The summed E-state index contributed by atoms with van der Waals surface area (Å²) >= 11 is 0. The molecular weight excluding hydrogens is 690 g/mol. The van der Waals surface area contributed by atoms with Gasteiger partial charge in [0, 0.05) is 27.5 Å². The molecule has 0 aliphatic heterocycles. The minimum absolute atomic E-state index is 0.113. The van der Waals surface area contributed by atoms with Crippen LogP contribution < -0.4 is 14.4 Å². The van der Waals surface area contributed by atoms with E-state index in [1.807, 2.05) is 42.5 Å². The third-order valence-corrected chi connectivity index (χ3v) is 12.2. The van der Waals surface area contributed by atoms with E-state index in [4.69, 9.17) is 17.4 Å². The van der Waals surface area contributed by atoms with Crippen molar-refractivity contribution >= 4 is 43.6 Å². The zero-order valence-corrected chi connectivity index (χ0v) is 33.9. The Hall–Kier alpha value is -4.75. The van der Waals surface area contributed by atoms with E-state index in [9.17, 15) is 0 Å². The Bertz CT molecular complexity index is 2450. The summed E-state index contributed by atoms with van der Waals surface area (Å²) in [4.78, 5) is 0. The molecule has 0 aliphatic carbocycles. The number of para-hydroxylation sites is 2. The molecule has 0 bridgehead atoms. The highest BCUT2D eigenvalue weighted by atomic mass is 31.2. The van der Waals surface area contributed by atoms with Gasteiger partial charge in [-0.15, -0.1) is 0 Å². The van der Waals surface area contributed by atoms with E-state index in [1.54, 1.807) is 0 Å². The molecule has 7 aromatic rings. The van der Waals surface area contributed by atoms with Crippen LogP contribution in [0.4, 0.5) is 0 Å². The van der Waals surface area contributed by atoms with Crippen molar-refractivity contribution in [2.24, 2.45) is 0 Å². The Kier molecular flexibility index (Phi) is 10.1. The van der Waals surface area contributed by atoms with Crippen LogP contribution in [0, 0.1) is 20.8 Å². The number of hydrogen-bond acceptors (Lipinski definition) is 4. The summed E-state index contributed by atoms with van der Waals surface area (Å²) in [6.07, 6.45) is 0. The third kappa shape index (κ3) is 7.68. The first-order chi connectivity index (χ1) is 25.3. The SMILES string of the molecule is Cc1cc(C)c(OP(Oc2ccccc2C(C)(C)C)c2ccccc2)c(-c2cc(C)cc3c2op(-c2ccccc2)oc2c(C(C)(C)C)cccc23)c1. The molecule has 0 radical (unpaired) electrons. The van der Waals surface area contributed by atoms with Crippen molar-refractivity contribution in [3.05, 3.63) is 155 Å². The summed E-state index contributed by atoms with van der Waals surface area (Å²) in [5, 5.41) is 4.03. The summed E-state index contributed by atoms with van der Waals surface area (Å²) in [5.41, 5.74) is 8.87. The highest BCUT2D eigenvalue weighted by Crippen LogP contribution is 2.51. The molecule has 0 spiro atoms. The fourth-order valence-corrected chi connectivity index (χ4v) is 9.64. The highest BCUT2D eigenvalue weighted by molar-refractivity contribution is 7.56. The zero-order valence-electron chi connectivity index (χ0n) is 32.2. The molecule has 0 amide bonds. The first-order valence-electron chi connectivity index (χ1n) is 18.2. The second kappa shape index (κ2) is 14.6. The number of rotatable bonds is 7. The number of aryl methyl sites for hydroxylation is 3. The summed E-state index contributed by atoms with van der Waals surface area (Å²) in [6, 6.07) is 44.2. The second-order valence-electron chi connectivity index (χ2n) is 15.9. The van der Waals surface area contributed by atoms with Crippen molar-refractivity contribution in [1.29, 1.82) is 0 Å². The predicted molar refractivity (Wildman–Crippen MR) is 225 cm³/mol. The molecule has 6 aromatic carbocycles. The van der Waals surface area contributed by atoms with Gasteiger partial charge in [0.05, 0.1) is 10.6 Å². The van der Waals surface area contributed by atoms with Crippen LogP contribution in [0.25, 0.3) is 38.4 Å². The van der Waals surface area contributed by atoms with Crippen LogP contribution >= 0.6 is 16.4 Å². The number of benzene rings is 6. The lowest BCUT2D eigenvalue weighted by Crippen LogP contribution is -2.15. The molecule has 0 N–H and O–H groups in total. The number of fused-ring (bicyclic) bond motifs is 3. The maximum Gasteiger partial charge on any atom is 0.326 e. The zero-order chi connectivity index (χ0) is 37.5. The molecule has 0 saturated carbocycles. The molecule has 0 fully saturated rings. The Morgan fingerprint density at radius 3 is 1.81 bits per heavy atom. The molecule has 0 aliphatic rings. The van der Waals surface area contributed by atoms with E-state index in [0.717, 1.165) is 83.0 Å². The van der Waals surface area contributed by atoms with Gasteiger partial charge in [-0.1, -0.05) is 120 Å². The van der Waals surface area contributed by atoms with Crippen molar-refractivity contribution in [2.45, 2.75) is 73.1 Å². The van der Waals surface area contributed by atoms with E-state index >= 15 is 0 Å². The summed E-state index contributed by atoms with van der Waals surface area (Å²) in [7, 11) is -3.13. The van der Waals surface area contributed by atoms with Gasteiger partial charge >= 0.3 is 8.38 Å². The topological polar surface area (TPSA) is 44.7 Å². The lowest BCUT2D eigenvalue weighted by molar-refractivity contribution is 0.481. The Balaban J connectivity index is 1.51. The summed E-state index contributed by atoms with van der Waals surface area (Å²) < 4.78 is 28.3. The Labute approximate surface area is 316 Å². The van der Waals surface area contributed by atoms with Gasteiger partial charge in [-0.2, -0.15) is 0 Å². The van der Waals surface area contributed by atoms with Crippen molar-refractivity contribution in [1.82, 2.24) is 0 Å². The average Bonchev–Trinajstić information content (AvgIpc) is 3.29. The van der Waals surface area contributed by atoms with E-state index in [1.165, 1.54) is 0 Å². The molecule has 1 aromatic heterocycles. The predicted octanol–water partition coefficient (Wildman–Crippen LogP) is 14.6. The molecule has 4 nitrogen and oxygen atoms in total. The van der Waals surface area contributed by atoms with Crippen LogP contribution in [0.15, 0.2) is 136 Å². The average molecular weight is 739 g/mol. The molecule has 7 rings (SSSR count). The van der Waals surface area contributed by atoms with Crippen LogP contribution in [-0.2, 0) is 10.8 Å². The highest BCUT2D eigenvalue weighted by Gasteiger charge is 2.27. The van der Waals surface area contributed by atoms with E-state index < -0.39 is 16.4 Å². The lowest BCUT2D eigenvalue weighted by Gasteiger charge is -2.27. The maximum absolute atomic E-state index is 7.21. The largest absolute Gasteiger partial charge is 0.435 e. The van der Waals surface area contributed by atoms with Gasteiger partial charge in [0.1, 0.15) is 22.7 Å². The quantitative estimate of drug-likeness (QED) is 0.153. The molecule has 2 atom stereocenters. The smallest absolute Gasteiger partial charge is 0.326 e. The fourth-order valence-electron chi connectivity index (χ4n) is 6.84.